The van der Waals surface area contributed by atoms with E-state index < -0.39 is 6.10 Å². The second-order valence-electron chi connectivity index (χ2n) is 6.84. The number of nitrogens with one attached hydrogen (secondary N) is 1. The molecule has 3 rings (SSSR count). The molecule has 5 heteroatoms. The minimum atomic E-state index is -0.488. The van der Waals surface area contributed by atoms with Gasteiger partial charge in [-0.2, -0.15) is 0 Å². The Bertz CT molecular complexity index is 898. The highest BCUT2D eigenvalue weighted by atomic mass is 16.5. The highest BCUT2D eigenvalue weighted by Gasteiger charge is 2.13. The fourth-order valence-electron chi connectivity index (χ4n) is 3.01. The van der Waals surface area contributed by atoms with Crippen molar-refractivity contribution in [3.05, 3.63) is 84.9 Å². The quantitative estimate of drug-likeness (QED) is 0.556. The number of anilines is 2. The number of aliphatic hydroxyl groups excluding tert-OH is 1. The molecule has 0 saturated heterocycles. The van der Waals surface area contributed by atoms with Gasteiger partial charge in [0.15, 0.2) is 5.75 Å². The molecule has 150 valence electrons. The van der Waals surface area contributed by atoms with Gasteiger partial charge in [0, 0.05) is 25.2 Å². The third-order valence-corrected chi connectivity index (χ3v) is 4.35. The van der Waals surface area contributed by atoms with Gasteiger partial charge in [0.05, 0.1) is 11.8 Å². The minimum Gasteiger partial charge on any atom is -0.455 e. The Morgan fingerprint density at radius 1 is 0.966 bits per heavy atom. The average molecular weight is 390 g/mol. The molecule has 0 radical (unpaired) electrons. The third kappa shape index (κ3) is 6.36. The molecule has 0 aliphatic carbocycles. The molecule has 1 unspecified atom stereocenters. The van der Waals surface area contributed by atoms with E-state index in [4.69, 9.17) is 4.74 Å². The Labute approximate surface area is 171 Å². The van der Waals surface area contributed by atoms with Crippen LogP contribution < -0.4 is 15.0 Å². The van der Waals surface area contributed by atoms with Crippen LogP contribution in [0.15, 0.2) is 84.9 Å². The summed E-state index contributed by atoms with van der Waals surface area (Å²) >= 11 is 0. The zero-order valence-corrected chi connectivity index (χ0v) is 16.5. The van der Waals surface area contributed by atoms with E-state index in [-0.39, 0.29) is 5.91 Å². The summed E-state index contributed by atoms with van der Waals surface area (Å²) in [5, 5.41) is 12.7. The van der Waals surface area contributed by atoms with Gasteiger partial charge >= 0.3 is 0 Å². The Kier molecular flexibility index (Phi) is 7.25. The second kappa shape index (κ2) is 10.3. The molecule has 0 bridgehead atoms. The van der Waals surface area contributed by atoms with Crippen molar-refractivity contribution in [1.82, 2.24) is 0 Å². The summed E-state index contributed by atoms with van der Waals surface area (Å²) in [6.45, 7) is 2.71. The first-order valence-corrected chi connectivity index (χ1v) is 9.71. The van der Waals surface area contributed by atoms with E-state index in [1.165, 1.54) is 0 Å². The lowest BCUT2D eigenvalue weighted by Gasteiger charge is -2.26. The van der Waals surface area contributed by atoms with Crippen LogP contribution in [0.5, 0.6) is 11.5 Å². The lowest BCUT2D eigenvalue weighted by Crippen LogP contribution is -2.33. The van der Waals surface area contributed by atoms with Gasteiger partial charge in [-0.3, -0.25) is 4.79 Å². The molecule has 0 aliphatic heterocycles. The van der Waals surface area contributed by atoms with E-state index in [0.29, 0.717) is 36.7 Å². The first kappa shape index (κ1) is 20.4. The normalized spacial score (nSPS) is 11.5. The maximum absolute atomic E-state index is 12.6. The molecular weight excluding hydrogens is 364 g/mol. The van der Waals surface area contributed by atoms with Gasteiger partial charge in [-0.05, 0) is 43.3 Å². The number of ether oxygens (including phenoxy) is 1. The monoisotopic (exact) mass is 390 g/mol. The summed E-state index contributed by atoms with van der Waals surface area (Å²) in [5.41, 5.74) is 1.61. The number of carbonyl (C=O) groups is 1. The number of benzene rings is 3. The SMILES string of the molecule is CC(O)CN(CCC(=O)Nc1ccccc1Oc1ccccc1)c1ccccc1. The molecule has 1 atom stereocenters. The number of para-hydroxylation sites is 4. The summed E-state index contributed by atoms with van der Waals surface area (Å²) in [4.78, 5) is 14.6. The average Bonchev–Trinajstić information content (AvgIpc) is 2.74. The van der Waals surface area contributed by atoms with Gasteiger partial charge in [0.25, 0.3) is 0 Å². The number of hydrogen-bond acceptors (Lipinski definition) is 4. The molecule has 0 fully saturated rings. The van der Waals surface area contributed by atoms with E-state index in [0.717, 1.165) is 5.69 Å². The molecule has 3 aromatic carbocycles. The van der Waals surface area contributed by atoms with Crippen molar-refractivity contribution in [3.8, 4) is 11.5 Å². The lowest BCUT2D eigenvalue weighted by molar-refractivity contribution is -0.116. The summed E-state index contributed by atoms with van der Waals surface area (Å²) < 4.78 is 5.90. The Hall–Kier alpha value is -3.31. The highest BCUT2D eigenvalue weighted by Crippen LogP contribution is 2.29. The van der Waals surface area contributed by atoms with Crippen molar-refractivity contribution in [2.45, 2.75) is 19.4 Å². The molecule has 0 spiro atoms. The third-order valence-electron chi connectivity index (χ3n) is 4.35. The van der Waals surface area contributed by atoms with Gasteiger partial charge in [0.2, 0.25) is 5.91 Å². The number of carbonyl (C=O) groups excluding carboxylic acids is 1. The fraction of sp³-hybridized carbons (Fsp3) is 0.208. The molecule has 29 heavy (non-hydrogen) atoms. The fourth-order valence-corrected chi connectivity index (χ4v) is 3.01. The molecule has 0 aliphatic rings. The van der Waals surface area contributed by atoms with Gasteiger partial charge in [-0.25, -0.2) is 0 Å². The van der Waals surface area contributed by atoms with Crippen LogP contribution in [-0.2, 0) is 4.79 Å². The van der Waals surface area contributed by atoms with Crippen LogP contribution in [0.3, 0.4) is 0 Å². The molecule has 1 amide bonds. The predicted octanol–water partition coefficient (Wildman–Crippen LogP) is 4.69. The van der Waals surface area contributed by atoms with Gasteiger partial charge in [0.1, 0.15) is 5.75 Å². The van der Waals surface area contributed by atoms with E-state index in [2.05, 4.69) is 5.32 Å². The topological polar surface area (TPSA) is 61.8 Å². The largest absolute Gasteiger partial charge is 0.455 e. The molecule has 0 saturated carbocycles. The number of aliphatic hydroxyl groups is 1. The van der Waals surface area contributed by atoms with Crippen LogP contribution in [0, 0.1) is 0 Å². The Balaban J connectivity index is 1.63. The maximum Gasteiger partial charge on any atom is 0.226 e. The van der Waals surface area contributed by atoms with Crippen LogP contribution in [-0.4, -0.2) is 30.2 Å². The molecule has 0 heterocycles. The van der Waals surface area contributed by atoms with Gasteiger partial charge in [-0.1, -0.05) is 48.5 Å². The second-order valence-corrected chi connectivity index (χ2v) is 6.84. The van der Waals surface area contributed by atoms with Crippen LogP contribution in [0.2, 0.25) is 0 Å². The van der Waals surface area contributed by atoms with Crippen LogP contribution in [0.25, 0.3) is 0 Å². The van der Waals surface area contributed by atoms with E-state index in [1.54, 1.807) is 6.92 Å². The van der Waals surface area contributed by atoms with E-state index in [1.807, 2.05) is 89.8 Å². The molecule has 0 aromatic heterocycles. The van der Waals surface area contributed by atoms with Crippen molar-refractivity contribution in [3.63, 3.8) is 0 Å². The van der Waals surface area contributed by atoms with Gasteiger partial charge in [-0.15, -0.1) is 0 Å². The van der Waals surface area contributed by atoms with Crippen molar-refractivity contribution < 1.29 is 14.6 Å². The first-order valence-electron chi connectivity index (χ1n) is 9.71. The van der Waals surface area contributed by atoms with Crippen LogP contribution in [0.1, 0.15) is 13.3 Å². The van der Waals surface area contributed by atoms with E-state index in [9.17, 15) is 9.90 Å². The smallest absolute Gasteiger partial charge is 0.226 e. The predicted molar refractivity (Wildman–Crippen MR) is 117 cm³/mol. The first-order chi connectivity index (χ1) is 14.1. The molecule has 5 nitrogen and oxygen atoms in total. The summed E-state index contributed by atoms with van der Waals surface area (Å²) in [7, 11) is 0. The number of rotatable bonds is 9. The Morgan fingerprint density at radius 2 is 1.59 bits per heavy atom. The summed E-state index contributed by atoms with van der Waals surface area (Å²) in [6.07, 6.45) is -0.195. The van der Waals surface area contributed by atoms with Gasteiger partial charge < -0.3 is 20.1 Å². The molecule has 3 aromatic rings. The van der Waals surface area contributed by atoms with Crippen LogP contribution in [0.4, 0.5) is 11.4 Å². The molecule has 2 N–H and O–H groups in total. The Morgan fingerprint density at radius 3 is 2.28 bits per heavy atom. The van der Waals surface area contributed by atoms with Crippen molar-refractivity contribution in [2.75, 3.05) is 23.3 Å². The standard InChI is InChI=1S/C24H26N2O3/c1-19(27)18-26(20-10-4-2-5-11-20)17-16-24(28)25-22-14-8-9-15-23(22)29-21-12-6-3-7-13-21/h2-15,19,27H,16-18H2,1H3,(H,25,28). The van der Waals surface area contributed by atoms with E-state index >= 15 is 0 Å². The highest BCUT2D eigenvalue weighted by molar-refractivity contribution is 5.92. The maximum atomic E-state index is 12.6. The number of nitrogens with zero attached hydrogens (tertiary/aromatic N) is 1. The van der Waals surface area contributed by atoms with Crippen molar-refractivity contribution in [2.24, 2.45) is 0 Å². The lowest BCUT2D eigenvalue weighted by atomic mass is 10.2. The zero-order valence-electron chi connectivity index (χ0n) is 16.5. The van der Waals surface area contributed by atoms with Crippen molar-refractivity contribution >= 4 is 17.3 Å². The minimum absolute atomic E-state index is 0.111. The summed E-state index contributed by atoms with van der Waals surface area (Å²) in [6, 6.07) is 26.6. The van der Waals surface area contributed by atoms with Crippen LogP contribution >= 0.6 is 0 Å². The number of hydrogen-bond donors (Lipinski definition) is 2. The molecular formula is C24H26N2O3. The van der Waals surface area contributed by atoms with Crippen molar-refractivity contribution in [1.29, 1.82) is 0 Å². The number of amides is 1. The summed E-state index contributed by atoms with van der Waals surface area (Å²) in [5.74, 6) is 1.19. The zero-order chi connectivity index (χ0) is 20.5.